The van der Waals surface area contributed by atoms with Crippen molar-refractivity contribution in [2.24, 2.45) is 0 Å². The Labute approximate surface area is 124 Å². The fraction of sp³-hybridized carbons (Fsp3) is 0.200. The molecule has 0 amide bonds. The topological polar surface area (TPSA) is 64.3 Å². The van der Waals surface area contributed by atoms with E-state index < -0.39 is 5.97 Å². The van der Waals surface area contributed by atoms with Crippen molar-refractivity contribution in [2.75, 3.05) is 0 Å². The third-order valence-corrected chi connectivity index (χ3v) is 4.74. The van der Waals surface area contributed by atoms with E-state index >= 15 is 0 Å². The third-order valence-electron chi connectivity index (χ3n) is 3.65. The fourth-order valence-electron chi connectivity index (χ4n) is 2.65. The lowest BCUT2D eigenvalue weighted by Gasteiger charge is -2.26. The van der Waals surface area contributed by atoms with Crippen LogP contribution in [-0.2, 0) is 6.42 Å². The summed E-state index contributed by atoms with van der Waals surface area (Å²) in [6.45, 7) is 0. The second-order valence-electron chi connectivity index (χ2n) is 5.01. The van der Waals surface area contributed by atoms with Crippen molar-refractivity contribution in [2.45, 2.75) is 19.1 Å². The summed E-state index contributed by atoms with van der Waals surface area (Å²) in [5.74, 6) is -0.0578. The van der Waals surface area contributed by atoms with E-state index in [0.29, 0.717) is 4.88 Å². The van der Waals surface area contributed by atoms with E-state index in [9.17, 15) is 4.79 Å². The molecule has 1 aromatic carbocycles. The molecule has 0 fully saturated rings. The molecule has 6 heteroatoms. The predicted molar refractivity (Wildman–Crippen MR) is 79.0 cm³/mol. The molecule has 1 unspecified atom stereocenters. The molecule has 1 aliphatic heterocycles. The first-order valence-corrected chi connectivity index (χ1v) is 7.48. The number of carbonyl (C=O) groups is 1. The van der Waals surface area contributed by atoms with Crippen molar-refractivity contribution in [3.8, 4) is 5.75 Å². The van der Waals surface area contributed by atoms with Gasteiger partial charge in [-0.15, -0.1) is 11.3 Å². The van der Waals surface area contributed by atoms with Crippen molar-refractivity contribution in [1.82, 2.24) is 9.78 Å². The van der Waals surface area contributed by atoms with E-state index in [2.05, 4.69) is 5.10 Å². The van der Waals surface area contributed by atoms with Gasteiger partial charge < -0.3 is 9.84 Å². The number of rotatable bonds is 2. The summed E-state index contributed by atoms with van der Waals surface area (Å²) < 4.78 is 8.76. The number of hydrogen-bond donors (Lipinski definition) is 1. The maximum atomic E-state index is 11.1. The van der Waals surface area contributed by atoms with Crippen molar-refractivity contribution in [3.05, 3.63) is 47.1 Å². The molecule has 1 atom stereocenters. The van der Waals surface area contributed by atoms with Gasteiger partial charge in [0.15, 0.2) is 6.23 Å². The Hall–Kier alpha value is -2.34. The summed E-state index contributed by atoms with van der Waals surface area (Å²) in [7, 11) is 0. The van der Waals surface area contributed by atoms with Crippen LogP contribution < -0.4 is 4.74 Å². The summed E-state index contributed by atoms with van der Waals surface area (Å²) in [4.78, 5) is 11.4. The fourth-order valence-corrected chi connectivity index (χ4v) is 3.56. The molecule has 2 aromatic heterocycles. The Morgan fingerprint density at radius 2 is 2.33 bits per heavy atom. The van der Waals surface area contributed by atoms with Gasteiger partial charge in [0.05, 0.1) is 0 Å². The Morgan fingerprint density at radius 3 is 3.10 bits per heavy atom. The van der Waals surface area contributed by atoms with E-state index in [1.54, 1.807) is 12.3 Å². The lowest BCUT2D eigenvalue weighted by molar-refractivity contribution is 0.0702. The number of hydrogen-bond acceptors (Lipinski definition) is 4. The molecule has 21 heavy (non-hydrogen) atoms. The molecule has 106 valence electrons. The number of carboxylic acid groups (broad SMARTS) is 1. The average molecular weight is 300 g/mol. The van der Waals surface area contributed by atoms with E-state index in [1.807, 2.05) is 29.1 Å². The van der Waals surface area contributed by atoms with Gasteiger partial charge in [-0.2, -0.15) is 5.10 Å². The minimum Gasteiger partial charge on any atom is -0.477 e. The van der Waals surface area contributed by atoms with E-state index in [1.165, 1.54) is 11.3 Å². The Balaban J connectivity index is 1.74. The lowest BCUT2D eigenvalue weighted by atomic mass is 10.0. The Bertz CT molecular complexity index is 823. The standard InChI is InChI=1S/C15H12N2O3S/c18-15(19)13-7-10-6-9-2-3-14(17-5-1-4-16-17)20-11(9)8-12(10)21-13/h1,4-8,14H,2-3H2,(H,18,19). The van der Waals surface area contributed by atoms with Crippen LogP contribution in [0, 0.1) is 0 Å². The number of fused-ring (bicyclic) bond motifs is 2. The normalized spacial score (nSPS) is 17.4. The highest BCUT2D eigenvalue weighted by Crippen LogP contribution is 2.37. The Kier molecular flexibility index (Phi) is 2.71. The number of aromatic carboxylic acids is 1. The molecule has 0 aliphatic carbocycles. The zero-order valence-corrected chi connectivity index (χ0v) is 11.8. The van der Waals surface area contributed by atoms with Gasteiger partial charge in [0.25, 0.3) is 0 Å². The number of thiophene rings is 1. The third kappa shape index (κ3) is 2.08. The number of carboxylic acids is 1. The van der Waals surface area contributed by atoms with E-state index in [0.717, 1.165) is 34.2 Å². The number of ether oxygens (including phenoxy) is 1. The van der Waals surface area contributed by atoms with Gasteiger partial charge >= 0.3 is 5.97 Å². The molecule has 4 rings (SSSR count). The van der Waals surface area contributed by atoms with Crippen LogP contribution in [0.4, 0.5) is 0 Å². The Morgan fingerprint density at radius 1 is 1.43 bits per heavy atom. The number of benzene rings is 1. The quantitative estimate of drug-likeness (QED) is 0.788. The first-order chi connectivity index (χ1) is 10.2. The van der Waals surface area contributed by atoms with Crippen LogP contribution in [0.5, 0.6) is 5.75 Å². The lowest BCUT2D eigenvalue weighted by Crippen LogP contribution is -2.21. The maximum Gasteiger partial charge on any atom is 0.345 e. The van der Waals surface area contributed by atoms with Crippen LogP contribution in [0.3, 0.4) is 0 Å². The molecule has 3 aromatic rings. The molecule has 1 aliphatic rings. The van der Waals surface area contributed by atoms with Crippen LogP contribution in [0.2, 0.25) is 0 Å². The largest absolute Gasteiger partial charge is 0.477 e. The van der Waals surface area contributed by atoms with Crippen molar-refractivity contribution in [1.29, 1.82) is 0 Å². The van der Waals surface area contributed by atoms with E-state index in [4.69, 9.17) is 9.84 Å². The molecule has 0 bridgehead atoms. The monoisotopic (exact) mass is 300 g/mol. The highest BCUT2D eigenvalue weighted by molar-refractivity contribution is 7.20. The summed E-state index contributed by atoms with van der Waals surface area (Å²) in [6.07, 6.45) is 5.29. The van der Waals surface area contributed by atoms with Gasteiger partial charge in [-0.1, -0.05) is 0 Å². The zero-order valence-electron chi connectivity index (χ0n) is 11.0. The molecule has 0 radical (unpaired) electrons. The highest BCUT2D eigenvalue weighted by atomic mass is 32.1. The van der Waals surface area contributed by atoms with Gasteiger partial charge in [0.2, 0.25) is 0 Å². The SMILES string of the molecule is O=C(O)c1cc2cc3c(cc2s1)OC(n1cccn1)CC3. The van der Waals surface area contributed by atoms with E-state index in [-0.39, 0.29) is 6.23 Å². The molecule has 1 N–H and O–H groups in total. The summed E-state index contributed by atoms with van der Waals surface area (Å²) in [6, 6.07) is 7.58. The van der Waals surface area contributed by atoms with Gasteiger partial charge in [0.1, 0.15) is 10.6 Å². The van der Waals surface area contributed by atoms with Crippen LogP contribution in [0.1, 0.15) is 27.9 Å². The maximum absolute atomic E-state index is 11.1. The van der Waals surface area contributed by atoms with Crippen LogP contribution >= 0.6 is 11.3 Å². The van der Waals surface area contributed by atoms with Crippen molar-refractivity contribution < 1.29 is 14.6 Å². The predicted octanol–water partition coefficient (Wildman–Crippen LogP) is 3.32. The molecule has 0 spiro atoms. The minimum atomic E-state index is -0.885. The molecule has 0 saturated heterocycles. The van der Waals surface area contributed by atoms with Gasteiger partial charge in [0, 0.05) is 23.5 Å². The van der Waals surface area contributed by atoms with Crippen LogP contribution in [0.25, 0.3) is 10.1 Å². The zero-order chi connectivity index (χ0) is 14.4. The van der Waals surface area contributed by atoms with Gasteiger partial charge in [-0.05, 0) is 41.6 Å². The first kappa shape index (κ1) is 12.4. The van der Waals surface area contributed by atoms with Gasteiger partial charge in [-0.25, -0.2) is 9.48 Å². The second kappa shape index (κ2) is 4.60. The van der Waals surface area contributed by atoms with Gasteiger partial charge in [-0.3, -0.25) is 0 Å². The smallest absolute Gasteiger partial charge is 0.345 e. The second-order valence-corrected chi connectivity index (χ2v) is 6.09. The molecular weight excluding hydrogens is 288 g/mol. The molecule has 0 saturated carbocycles. The average Bonchev–Trinajstić information content (AvgIpc) is 3.13. The summed E-state index contributed by atoms with van der Waals surface area (Å²) in [5.41, 5.74) is 1.13. The number of aryl methyl sites for hydroxylation is 1. The van der Waals surface area contributed by atoms with Crippen molar-refractivity contribution >= 4 is 27.4 Å². The molecule has 5 nitrogen and oxygen atoms in total. The molecule has 3 heterocycles. The van der Waals surface area contributed by atoms with Crippen LogP contribution in [-0.4, -0.2) is 20.9 Å². The summed E-state index contributed by atoms with van der Waals surface area (Å²) in [5, 5.41) is 14.3. The summed E-state index contributed by atoms with van der Waals surface area (Å²) >= 11 is 1.27. The molecular formula is C15H12N2O3S. The number of nitrogens with zero attached hydrogens (tertiary/aromatic N) is 2. The highest BCUT2D eigenvalue weighted by Gasteiger charge is 2.22. The first-order valence-electron chi connectivity index (χ1n) is 6.66. The van der Waals surface area contributed by atoms with Crippen LogP contribution in [0.15, 0.2) is 36.7 Å². The minimum absolute atomic E-state index is 0.0937. The number of aromatic nitrogens is 2. The van der Waals surface area contributed by atoms with Crippen molar-refractivity contribution in [3.63, 3.8) is 0 Å².